The van der Waals surface area contributed by atoms with Crippen LogP contribution in [0.25, 0.3) is 11.0 Å². The molecule has 3 aromatic rings. The SMILES string of the molecule is CCc1nc2ccccc2n1[C@@H](C)c1ccccc1. The highest BCUT2D eigenvalue weighted by Gasteiger charge is 2.15. The molecule has 19 heavy (non-hydrogen) atoms. The highest BCUT2D eigenvalue weighted by Crippen LogP contribution is 2.26. The lowest BCUT2D eigenvalue weighted by Gasteiger charge is -2.17. The zero-order valence-corrected chi connectivity index (χ0v) is 11.4. The van der Waals surface area contributed by atoms with Gasteiger partial charge in [0, 0.05) is 6.42 Å². The second-order valence-corrected chi connectivity index (χ2v) is 4.83. The van der Waals surface area contributed by atoms with Gasteiger partial charge in [-0.1, -0.05) is 49.4 Å². The van der Waals surface area contributed by atoms with Gasteiger partial charge in [0.1, 0.15) is 5.82 Å². The molecule has 0 saturated carbocycles. The van der Waals surface area contributed by atoms with Crippen molar-refractivity contribution in [1.29, 1.82) is 0 Å². The first-order chi connectivity index (χ1) is 9.31. The predicted octanol–water partition coefficient (Wildman–Crippen LogP) is 4.21. The molecular weight excluding hydrogens is 232 g/mol. The van der Waals surface area contributed by atoms with Crippen LogP contribution in [0, 0.1) is 0 Å². The predicted molar refractivity (Wildman–Crippen MR) is 79.4 cm³/mol. The molecule has 0 N–H and O–H groups in total. The number of fused-ring (bicyclic) bond motifs is 1. The third kappa shape index (κ3) is 2.03. The van der Waals surface area contributed by atoms with E-state index in [9.17, 15) is 0 Å². The van der Waals surface area contributed by atoms with Gasteiger partial charge >= 0.3 is 0 Å². The number of aromatic nitrogens is 2. The fourth-order valence-corrected chi connectivity index (χ4v) is 2.66. The highest BCUT2D eigenvalue weighted by atomic mass is 15.1. The zero-order chi connectivity index (χ0) is 13.2. The average molecular weight is 250 g/mol. The number of aryl methyl sites for hydroxylation is 1. The molecule has 0 fully saturated rings. The van der Waals surface area contributed by atoms with Gasteiger partial charge in [0.2, 0.25) is 0 Å². The molecule has 1 heterocycles. The number of rotatable bonds is 3. The number of hydrogen-bond donors (Lipinski definition) is 0. The summed E-state index contributed by atoms with van der Waals surface area (Å²) in [6.07, 6.45) is 0.950. The molecule has 0 spiro atoms. The van der Waals surface area contributed by atoms with Gasteiger partial charge < -0.3 is 4.57 Å². The molecule has 3 rings (SSSR count). The third-order valence-corrected chi connectivity index (χ3v) is 3.65. The molecule has 2 nitrogen and oxygen atoms in total. The minimum atomic E-state index is 0.309. The minimum absolute atomic E-state index is 0.309. The summed E-state index contributed by atoms with van der Waals surface area (Å²) in [5, 5.41) is 0. The van der Waals surface area contributed by atoms with Crippen LogP contribution in [0.3, 0.4) is 0 Å². The van der Waals surface area contributed by atoms with Gasteiger partial charge in [-0.05, 0) is 24.6 Å². The fraction of sp³-hybridized carbons (Fsp3) is 0.235. The summed E-state index contributed by atoms with van der Waals surface area (Å²) in [7, 11) is 0. The summed E-state index contributed by atoms with van der Waals surface area (Å²) < 4.78 is 2.35. The molecular formula is C17H18N2. The van der Waals surface area contributed by atoms with Gasteiger partial charge in [0.05, 0.1) is 17.1 Å². The number of benzene rings is 2. The van der Waals surface area contributed by atoms with Crippen LogP contribution in [0.4, 0.5) is 0 Å². The Morgan fingerprint density at radius 1 is 1.00 bits per heavy atom. The first-order valence-electron chi connectivity index (χ1n) is 6.82. The monoisotopic (exact) mass is 250 g/mol. The number of hydrogen-bond acceptors (Lipinski definition) is 1. The smallest absolute Gasteiger partial charge is 0.110 e. The summed E-state index contributed by atoms with van der Waals surface area (Å²) in [4.78, 5) is 4.74. The van der Waals surface area contributed by atoms with Crippen LogP contribution in [0.1, 0.15) is 31.3 Å². The maximum Gasteiger partial charge on any atom is 0.110 e. The van der Waals surface area contributed by atoms with Crippen molar-refractivity contribution >= 4 is 11.0 Å². The molecule has 0 aliphatic rings. The first kappa shape index (κ1) is 12.0. The average Bonchev–Trinajstić information content (AvgIpc) is 2.86. The maximum absolute atomic E-state index is 4.74. The molecule has 2 heteroatoms. The van der Waals surface area contributed by atoms with Gasteiger partial charge in [0.25, 0.3) is 0 Å². The number of para-hydroxylation sites is 2. The lowest BCUT2D eigenvalue weighted by molar-refractivity contribution is 0.623. The van der Waals surface area contributed by atoms with Crippen molar-refractivity contribution in [3.8, 4) is 0 Å². The first-order valence-corrected chi connectivity index (χ1v) is 6.82. The summed E-state index contributed by atoms with van der Waals surface area (Å²) >= 11 is 0. The van der Waals surface area contributed by atoms with Crippen LogP contribution < -0.4 is 0 Å². The Bertz CT molecular complexity index is 683. The summed E-state index contributed by atoms with van der Waals surface area (Å²) in [5.74, 6) is 1.15. The van der Waals surface area contributed by atoms with E-state index in [1.807, 2.05) is 6.07 Å². The van der Waals surface area contributed by atoms with Crippen LogP contribution in [-0.4, -0.2) is 9.55 Å². The van der Waals surface area contributed by atoms with E-state index in [2.05, 4.69) is 66.9 Å². The van der Waals surface area contributed by atoms with Crippen molar-refractivity contribution < 1.29 is 0 Å². The largest absolute Gasteiger partial charge is 0.321 e. The molecule has 2 aromatic carbocycles. The summed E-state index contributed by atoms with van der Waals surface area (Å²) in [6.45, 7) is 4.40. The van der Waals surface area contributed by atoms with E-state index < -0.39 is 0 Å². The highest BCUT2D eigenvalue weighted by molar-refractivity contribution is 5.76. The van der Waals surface area contributed by atoms with E-state index in [0.717, 1.165) is 17.8 Å². The Hall–Kier alpha value is -2.09. The lowest BCUT2D eigenvalue weighted by Crippen LogP contribution is -2.10. The zero-order valence-electron chi connectivity index (χ0n) is 11.4. The lowest BCUT2D eigenvalue weighted by atomic mass is 10.1. The molecule has 0 bridgehead atoms. The molecule has 0 unspecified atom stereocenters. The number of nitrogens with zero attached hydrogens (tertiary/aromatic N) is 2. The summed E-state index contributed by atoms with van der Waals surface area (Å²) in [5.41, 5.74) is 3.62. The Kier molecular flexibility index (Phi) is 3.08. The van der Waals surface area contributed by atoms with Gasteiger partial charge in [-0.15, -0.1) is 0 Å². The Morgan fingerprint density at radius 2 is 1.68 bits per heavy atom. The Morgan fingerprint density at radius 3 is 2.42 bits per heavy atom. The second kappa shape index (κ2) is 4.88. The minimum Gasteiger partial charge on any atom is -0.321 e. The van der Waals surface area contributed by atoms with Crippen molar-refractivity contribution in [3.05, 3.63) is 66.0 Å². The standard InChI is InChI=1S/C17H18N2/c1-3-17-18-15-11-7-8-12-16(15)19(17)13(2)14-9-5-4-6-10-14/h4-13H,3H2,1-2H3/t13-/m0/s1. The Labute approximate surface area is 113 Å². The van der Waals surface area contributed by atoms with Gasteiger partial charge in [-0.3, -0.25) is 0 Å². The van der Waals surface area contributed by atoms with E-state index >= 15 is 0 Å². The van der Waals surface area contributed by atoms with Crippen molar-refractivity contribution in [2.45, 2.75) is 26.3 Å². The van der Waals surface area contributed by atoms with Gasteiger partial charge in [0.15, 0.2) is 0 Å². The van der Waals surface area contributed by atoms with Crippen molar-refractivity contribution in [3.63, 3.8) is 0 Å². The molecule has 0 aliphatic carbocycles. The summed E-state index contributed by atoms with van der Waals surface area (Å²) in [6, 6.07) is 19.3. The van der Waals surface area contributed by atoms with Crippen molar-refractivity contribution in [1.82, 2.24) is 9.55 Å². The van der Waals surface area contributed by atoms with Crippen molar-refractivity contribution in [2.24, 2.45) is 0 Å². The molecule has 96 valence electrons. The van der Waals surface area contributed by atoms with E-state index in [0.29, 0.717) is 6.04 Å². The maximum atomic E-state index is 4.74. The molecule has 1 aromatic heterocycles. The van der Waals surface area contributed by atoms with Crippen LogP contribution in [0.15, 0.2) is 54.6 Å². The van der Waals surface area contributed by atoms with Crippen LogP contribution in [0.5, 0.6) is 0 Å². The second-order valence-electron chi connectivity index (χ2n) is 4.83. The van der Waals surface area contributed by atoms with E-state index in [1.54, 1.807) is 0 Å². The third-order valence-electron chi connectivity index (χ3n) is 3.65. The van der Waals surface area contributed by atoms with E-state index in [1.165, 1.54) is 11.1 Å². The van der Waals surface area contributed by atoms with Crippen LogP contribution >= 0.6 is 0 Å². The molecule has 0 aliphatic heterocycles. The van der Waals surface area contributed by atoms with E-state index in [4.69, 9.17) is 4.98 Å². The van der Waals surface area contributed by atoms with Gasteiger partial charge in [-0.25, -0.2) is 4.98 Å². The van der Waals surface area contributed by atoms with Gasteiger partial charge in [-0.2, -0.15) is 0 Å². The quantitative estimate of drug-likeness (QED) is 0.681. The number of imidazole rings is 1. The topological polar surface area (TPSA) is 17.8 Å². The Balaban J connectivity index is 2.18. The molecule has 0 radical (unpaired) electrons. The molecule has 1 atom stereocenters. The van der Waals surface area contributed by atoms with Crippen molar-refractivity contribution in [2.75, 3.05) is 0 Å². The fourth-order valence-electron chi connectivity index (χ4n) is 2.66. The molecule has 0 amide bonds. The van der Waals surface area contributed by atoms with Crippen LogP contribution in [0.2, 0.25) is 0 Å². The normalized spacial score (nSPS) is 12.7. The van der Waals surface area contributed by atoms with E-state index in [-0.39, 0.29) is 0 Å². The molecule has 0 saturated heterocycles. The van der Waals surface area contributed by atoms with Crippen LogP contribution in [-0.2, 0) is 6.42 Å².